The van der Waals surface area contributed by atoms with Crippen molar-refractivity contribution in [2.45, 2.75) is 52.1 Å². The van der Waals surface area contributed by atoms with Gasteiger partial charge in [0.1, 0.15) is 0 Å². The fraction of sp³-hybridized carbons (Fsp3) is 0.562. The molecule has 1 rings (SSSR count). The average molecular weight is 263 g/mol. The molecule has 1 aromatic carbocycles. The van der Waals surface area contributed by atoms with Crippen LogP contribution in [0.3, 0.4) is 0 Å². The molecule has 0 aliphatic carbocycles. The van der Waals surface area contributed by atoms with Gasteiger partial charge in [0.05, 0.1) is 6.10 Å². The van der Waals surface area contributed by atoms with Gasteiger partial charge in [-0.05, 0) is 31.7 Å². The van der Waals surface area contributed by atoms with Crippen LogP contribution in [0.1, 0.15) is 43.7 Å². The minimum atomic E-state index is -0.411. The van der Waals surface area contributed by atoms with Gasteiger partial charge >= 0.3 is 0 Å². The van der Waals surface area contributed by atoms with E-state index in [1.807, 2.05) is 6.92 Å². The predicted octanol–water partition coefficient (Wildman–Crippen LogP) is 2.59. The van der Waals surface area contributed by atoms with Gasteiger partial charge in [-0.1, -0.05) is 43.2 Å². The average Bonchev–Trinajstić information content (AvgIpc) is 2.39. The van der Waals surface area contributed by atoms with Gasteiger partial charge in [-0.25, -0.2) is 0 Å². The van der Waals surface area contributed by atoms with Gasteiger partial charge in [-0.2, -0.15) is 0 Å². The van der Waals surface area contributed by atoms with Crippen LogP contribution in [-0.4, -0.2) is 23.7 Å². The van der Waals surface area contributed by atoms with E-state index >= 15 is 0 Å². The molecule has 1 unspecified atom stereocenters. The number of aryl methyl sites for hydroxylation is 2. The molecule has 0 fully saturated rings. The zero-order valence-electron chi connectivity index (χ0n) is 12.0. The number of amides is 1. The second-order valence-electron chi connectivity index (χ2n) is 5.09. The molecule has 0 bridgehead atoms. The molecule has 0 heterocycles. The minimum absolute atomic E-state index is 0.0299. The highest BCUT2D eigenvalue weighted by atomic mass is 16.3. The zero-order chi connectivity index (χ0) is 14.1. The van der Waals surface area contributed by atoms with E-state index in [2.05, 4.69) is 36.5 Å². The second kappa shape index (κ2) is 8.70. The van der Waals surface area contributed by atoms with Crippen molar-refractivity contribution in [3.8, 4) is 0 Å². The molecule has 0 saturated heterocycles. The number of aliphatic hydroxyl groups excluding tert-OH is 1. The Morgan fingerprint density at radius 1 is 1.32 bits per heavy atom. The smallest absolute Gasteiger partial charge is 0.220 e. The maximum atomic E-state index is 11.6. The Hall–Kier alpha value is -1.35. The van der Waals surface area contributed by atoms with Gasteiger partial charge in [0.2, 0.25) is 5.91 Å². The van der Waals surface area contributed by atoms with Crippen molar-refractivity contribution in [2.75, 3.05) is 6.54 Å². The van der Waals surface area contributed by atoms with E-state index in [1.165, 1.54) is 11.1 Å². The number of aliphatic hydroxyl groups is 1. The Balaban J connectivity index is 2.15. The van der Waals surface area contributed by atoms with Crippen molar-refractivity contribution < 1.29 is 9.90 Å². The Morgan fingerprint density at radius 3 is 2.63 bits per heavy atom. The van der Waals surface area contributed by atoms with Crippen molar-refractivity contribution in [1.82, 2.24) is 5.32 Å². The summed E-state index contributed by atoms with van der Waals surface area (Å²) >= 11 is 0. The third-order valence-electron chi connectivity index (χ3n) is 3.15. The molecular formula is C16H25NO2. The van der Waals surface area contributed by atoms with E-state index in [-0.39, 0.29) is 5.91 Å². The number of carbonyl (C=O) groups is 1. The molecule has 0 saturated carbocycles. The normalized spacial score (nSPS) is 12.2. The maximum Gasteiger partial charge on any atom is 0.220 e. The standard InChI is InChI=1S/C16H25NO2/c1-3-5-15(18)12-17-16(19)7-4-6-14-10-8-13(2)9-11-14/h8-11,15,18H,3-7,12H2,1-2H3,(H,17,19). The number of hydrogen-bond donors (Lipinski definition) is 2. The van der Waals surface area contributed by atoms with Crippen LogP contribution in [0.15, 0.2) is 24.3 Å². The maximum absolute atomic E-state index is 11.6. The van der Waals surface area contributed by atoms with Crippen LogP contribution in [0.5, 0.6) is 0 Å². The highest BCUT2D eigenvalue weighted by Gasteiger charge is 2.06. The molecule has 106 valence electrons. The summed E-state index contributed by atoms with van der Waals surface area (Å²) in [5, 5.41) is 12.3. The van der Waals surface area contributed by atoms with Crippen LogP contribution in [0.25, 0.3) is 0 Å². The summed E-state index contributed by atoms with van der Waals surface area (Å²) in [4.78, 5) is 11.6. The van der Waals surface area contributed by atoms with Gasteiger partial charge in [-0.3, -0.25) is 4.79 Å². The first kappa shape index (κ1) is 15.7. The van der Waals surface area contributed by atoms with Crippen LogP contribution >= 0.6 is 0 Å². The highest BCUT2D eigenvalue weighted by Crippen LogP contribution is 2.07. The van der Waals surface area contributed by atoms with E-state index in [0.717, 1.165) is 25.7 Å². The highest BCUT2D eigenvalue weighted by molar-refractivity contribution is 5.75. The largest absolute Gasteiger partial charge is 0.391 e. The molecule has 0 spiro atoms. The third kappa shape index (κ3) is 6.97. The fourth-order valence-electron chi connectivity index (χ4n) is 1.96. The Bertz CT molecular complexity index is 373. The summed E-state index contributed by atoms with van der Waals surface area (Å²) in [6, 6.07) is 8.41. The van der Waals surface area contributed by atoms with Gasteiger partial charge in [-0.15, -0.1) is 0 Å². The van der Waals surface area contributed by atoms with Crippen LogP contribution in [0.2, 0.25) is 0 Å². The van der Waals surface area contributed by atoms with E-state index < -0.39 is 6.10 Å². The minimum Gasteiger partial charge on any atom is -0.391 e. The lowest BCUT2D eigenvalue weighted by Gasteiger charge is -2.10. The Morgan fingerprint density at radius 2 is 2.00 bits per heavy atom. The molecule has 3 heteroatoms. The van der Waals surface area contributed by atoms with Crippen LogP contribution in [0, 0.1) is 6.92 Å². The lowest BCUT2D eigenvalue weighted by atomic mass is 10.1. The van der Waals surface area contributed by atoms with E-state index in [9.17, 15) is 9.90 Å². The molecular weight excluding hydrogens is 238 g/mol. The van der Waals surface area contributed by atoms with Crippen molar-refractivity contribution in [3.63, 3.8) is 0 Å². The summed E-state index contributed by atoms with van der Waals surface area (Å²) in [6.07, 6.45) is 3.55. The third-order valence-corrected chi connectivity index (χ3v) is 3.15. The predicted molar refractivity (Wildman–Crippen MR) is 78.0 cm³/mol. The van der Waals surface area contributed by atoms with Gasteiger partial charge < -0.3 is 10.4 Å². The molecule has 0 aromatic heterocycles. The molecule has 1 atom stereocenters. The lowest BCUT2D eigenvalue weighted by molar-refractivity contribution is -0.121. The van der Waals surface area contributed by atoms with Crippen molar-refractivity contribution in [2.24, 2.45) is 0 Å². The van der Waals surface area contributed by atoms with Gasteiger partial charge in [0, 0.05) is 13.0 Å². The first-order chi connectivity index (χ1) is 9.11. The molecule has 0 radical (unpaired) electrons. The number of benzene rings is 1. The van der Waals surface area contributed by atoms with Crippen molar-refractivity contribution in [1.29, 1.82) is 0 Å². The second-order valence-corrected chi connectivity index (χ2v) is 5.09. The van der Waals surface area contributed by atoms with Gasteiger partial charge in [0.25, 0.3) is 0 Å². The first-order valence-electron chi connectivity index (χ1n) is 7.12. The van der Waals surface area contributed by atoms with Gasteiger partial charge in [0.15, 0.2) is 0 Å². The summed E-state index contributed by atoms with van der Waals surface area (Å²) in [5.41, 5.74) is 2.52. The molecule has 3 nitrogen and oxygen atoms in total. The topological polar surface area (TPSA) is 49.3 Å². The van der Waals surface area contributed by atoms with E-state index in [0.29, 0.717) is 13.0 Å². The first-order valence-corrected chi connectivity index (χ1v) is 7.12. The van der Waals surface area contributed by atoms with Crippen molar-refractivity contribution in [3.05, 3.63) is 35.4 Å². The zero-order valence-corrected chi connectivity index (χ0v) is 12.0. The summed E-state index contributed by atoms with van der Waals surface area (Å²) < 4.78 is 0. The molecule has 1 amide bonds. The van der Waals surface area contributed by atoms with Crippen LogP contribution < -0.4 is 5.32 Å². The molecule has 2 N–H and O–H groups in total. The molecule has 1 aromatic rings. The summed E-state index contributed by atoms with van der Waals surface area (Å²) in [6.45, 7) is 4.46. The summed E-state index contributed by atoms with van der Waals surface area (Å²) in [7, 11) is 0. The molecule has 0 aliphatic rings. The Labute approximate surface area is 116 Å². The van der Waals surface area contributed by atoms with Crippen LogP contribution in [-0.2, 0) is 11.2 Å². The van der Waals surface area contributed by atoms with E-state index in [4.69, 9.17) is 0 Å². The lowest BCUT2D eigenvalue weighted by Crippen LogP contribution is -2.31. The molecule has 0 aliphatic heterocycles. The van der Waals surface area contributed by atoms with E-state index in [1.54, 1.807) is 0 Å². The van der Waals surface area contributed by atoms with Crippen molar-refractivity contribution >= 4 is 5.91 Å². The molecule has 19 heavy (non-hydrogen) atoms. The SMILES string of the molecule is CCCC(O)CNC(=O)CCCc1ccc(C)cc1. The number of carbonyl (C=O) groups excluding carboxylic acids is 1. The summed E-state index contributed by atoms with van der Waals surface area (Å²) in [5.74, 6) is 0.0299. The Kier molecular flexibility index (Phi) is 7.19. The fourth-order valence-corrected chi connectivity index (χ4v) is 1.96. The quantitative estimate of drug-likeness (QED) is 0.757. The number of hydrogen-bond acceptors (Lipinski definition) is 2. The number of rotatable bonds is 8. The number of nitrogens with one attached hydrogen (secondary N) is 1. The van der Waals surface area contributed by atoms with Crippen LogP contribution in [0.4, 0.5) is 0 Å². The monoisotopic (exact) mass is 263 g/mol.